The monoisotopic (exact) mass is 277 g/mol. The van der Waals surface area contributed by atoms with Crippen LogP contribution < -0.4 is 0 Å². The molecule has 6 heteroatoms. The van der Waals surface area contributed by atoms with E-state index in [9.17, 15) is 14.4 Å². The van der Waals surface area contributed by atoms with E-state index < -0.39 is 23.6 Å². The number of nitrogens with one attached hydrogen (secondary N) is 1. The van der Waals surface area contributed by atoms with Gasteiger partial charge in [-0.2, -0.15) is 0 Å². The molecule has 1 aromatic rings. The lowest BCUT2D eigenvalue weighted by atomic mass is 10.0. The summed E-state index contributed by atoms with van der Waals surface area (Å²) in [5.74, 6) is -2.97. The maximum Gasteiger partial charge on any atom is 0.353 e. The number of aldehydes is 1. The largest absolute Gasteiger partial charge is 0.468 e. The smallest absolute Gasteiger partial charge is 0.353 e. The van der Waals surface area contributed by atoms with Gasteiger partial charge in [0.15, 0.2) is 0 Å². The SMILES string of the molecule is COC(=O)[C@@H](CC=O)C(=N)C(=O)OCc1ccccc1. The highest BCUT2D eigenvalue weighted by molar-refractivity contribution is 6.39. The molecule has 0 aliphatic carbocycles. The Balaban J connectivity index is 2.62. The number of rotatable bonds is 7. The van der Waals surface area contributed by atoms with Crippen LogP contribution in [-0.4, -0.2) is 31.0 Å². The molecular formula is C14H15NO5. The van der Waals surface area contributed by atoms with Crippen LogP contribution in [0.15, 0.2) is 30.3 Å². The first-order valence-corrected chi connectivity index (χ1v) is 5.91. The lowest BCUT2D eigenvalue weighted by molar-refractivity contribution is -0.146. The highest BCUT2D eigenvalue weighted by atomic mass is 16.5. The first-order valence-electron chi connectivity index (χ1n) is 5.91. The minimum atomic E-state index is -1.22. The molecule has 106 valence electrons. The van der Waals surface area contributed by atoms with Gasteiger partial charge in [-0.15, -0.1) is 0 Å². The zero-order valence-electron chi connectivity index (χ0n) is 11.0. The minimum Gasteiger partial charge on any atom is -0.468 e. The third kappa shape index (κ3) is 4.31. The summed E-state index contributed by atoms with van der Waals surface area (Å²) in [6.45, 7) is -0.00294. The number of benzene rings is 1. The van der Waals surface area contributed by atoms with Gasteiger partial charge in [0.1, 0.15) is 24.5 Å². The molecule has 0 aliphatic rings. The molecule has 1 N–H and O–H groups in total. The summed E-state index contributed by atoms with van der Waals surface area (Å²) < 4.78 is 9.38. The number of methoxy groups -OCH3 is 1. The predicted octanol–water partition coefficient (Wildman–Crippen LogP) is 1.13. The Hall–Kier alpha value is -2.50. The Morgan fingerprint density at radius 1 is 1.30 bits per heavy atom. The average Bonchev–Trinajstić information content (AvgIpc) is 2.49. The summed E-state index contributed by atoms with van der Waals surface area (Å²) in [5, 5.41) is 7.62. The molecule has 0 saturated carbocycles. The van der Waals surface area contributed by atoms with Gasteiger partial charge in [-0.05, 0) is 5.56 Å². The molecule has 0 saturated heterocycles. The van der Waals surface area contributed by atoms with Crippen molar-refractivity contribution in [3.05, 3.63) is 35.9 Å². The number of hydrogen-bond donors (Lipinski definition) is 1. The van der Waals surface area contributed by atoms with Crippen LogP contribution in [0.25, 0.3) is 0 Å². The fraction of sp³-hybridized carbons (Fsp3) is 0.286. The van der Waals surface area contributed by atoms with Crippen molar-refractivity contribution >= 4 is 23.9 Å². The summed E-state index contributed by atoms with van der Waals surface area (Å²) in [6.07, 6.45) is 0.173. The lowest BCUT2D eigenvalue weighted by Crippen LogP contribution is -2.32. The van der Waals surface area contributed by atoms with Crippen molar-refractivity contribution in [2.24, 2.45) is 5.92 Å². The molecule has 1 aromatic carbocycles. The summed E-state index contributed by atoms with van der Waals surface area (Å²) in [4.78, 5) is 33.6. The van der Waals surface area contributed by atoms with Gasteiger partial charge in [-0.3, -0.25) is 10.2 Å². The van der Waals surface area contributed by atoms with E-state index in [2.05, 4.69) is 4.74 Å². The van der Waals surface area contributed by atoms with Gasteiger partial charge in [0.05, 0.1) is 7.11 Å². The molecule has 1 atom stereocenters. The van der Waals surface area contributed by atoms with E-state index in [4.69, 9.17) is 10.1 Å². The van der Waals surface area contributed by atoms with Crippen LogP contribution >= 0.6 is 0 Å². The summed E-state index contributed by atoms with van der Waals surface area (Å²) in [6, 6.07) is 8.93. The quantitative estimate of drug-likeness (QED) is 0.458. The zero-order chi connectivity index (χ0) is 15.0. The lowest BCUT2D eigenvalue weighted by Gasteiger charge is -2.12. The second-order valence-corrected chi connectivity index (χ2v) is 3.95. The summed E-state index contributed by atoms with van der Waals surface area (Å²) in [7, 11) is 1.13. The van der Waals surface area contributed by atoms with Crippen LogP contribution in [0.5, 0.6) is 0 Å². The number of carbonyl (C=O) groups excluding carboxylic acids is 3. The van der Waals surface area contributed by atoms with Gasteiger partial charge in [-0.25, -0.2) is 4.79 Å². The second kappa shape index (κ2) is 7.83. The summed E-state index contributed by atoms with van der Waals surface area (Å²) in [5.41, 5.74) is 0.179. The normalized spacial score (nSPS) is 11.2. The molecule has 0 aromatic heterocycles. The number of hydrogen-bond acceptors (Lipinski definition) is 6. The van der Waals surface area contributed by atoms with E-state index in [0.29, 0.717) is 6.29 Å². The van der Waals surface area contributed by atoms with Gasteiger partial charge in [0.2, 0.25) is 0 Å². The van der Waals surface area contributed by atoms with Crippen LogP contribution in [0.2, 0.25) is 0 Å². The van der Waals surface area contributed by atoms with Crippen LogP contribution in [-0.2, 0) is 30.5 Å². The molecule has 0 heterocycles. The van der Waals surface area contributed by atoms with Crippen molar-refractivity contribution in [2.45, 2.75) is 13.0 Å². The molecule has 0 radical (unpaired) electrons. The molecule has 0 amide bonds. The molecule has 1 rings (SSSR count). The Morgan fingerprint density at radius 3 is 2.50 bits per heavy atom. The third-order valence-corrected chi connectivity index (χ3v) is 2.60. The van der Waals surface area contributed by atoms with Gasteiger partial charge in [-0.1, -0.05) is 30.3 Å². The molecule has 0 aliphatic heterocycles. The van der Waals surface area contributed by atoms with Crippen molar-refractivity contribution in [1.82, 2.24) is 0 Å². The highest BCUT2D eigenvalue weighted by Crippen LogP contribution is 2.09. The third-order valence-electron chi connectivity index (χ3n) is 2.60. The summed E-state index contributed by atoms with van der Waals surface area (Å²) >= 11 is 0. The van der Waals surface area contributed by atoms with Crippen LogP contribution in [0.4, 0.5) is 0 Å². The van der Waals surface area contributed by atoms with E-state index >= 15 is 0 Å². The van der Waals surface area contributed by atoms with Crippen molar-refractivity contribution in [3.8, 4) is 0 Å². The fourth-order valence-corrected chi connectivity index (χ4v) is 1.51. The van der Waals surface area contributed by atoms with E-state index in [1.165, 1.54) is 0 Å². The standard InChI is InChI=1S/C14H15NO5/c1-19-13(17)11(7-8-16)12(15)14(18)20-9-10-5-3-2-4-6-10/h2-6,8,11,15H,7,9H2,1H3/t11-/m0/s1. The first kappa shape index (κ1) is 15.6. The van der Waals surface area contributed by atoms with E-state index in [-0.39, 0.29) is 13.0 Å². The molecule has 0 unspecified atom stereocenters. The van der Waals surface area contributed by atoms with Crippen molar-refractivity contribution in [2.75, 3.05) is 7.11 Å². The molecule has 20 heavy (non-hydrogen) atoms. The van der Waals surface area contributed by atoms with Crippen molar-refractivity contribution < 1.29 is 23.9 Å². The maximum atomic E-state index is 11.7. The number of carbonyl (C=O) groups is 3. The van der Waals surface area contributed by atoms with Crippen LogP contribution in [0.1, 0.15) is 12.0 Å². The second-order valence-electron chi connectivity index (χ2n) is 3.95. The fourth-order valence-electron chi connectivity index (χ4n) is 1.51. The highest BCUT2D eigenvalue weighted by Gasteiger charge is 2.29. The zero-order valence-corrected chi connectivity index (χ0v) is 11.0. The van der Waals surface area contributed by atoms with Crippen molar-refractivity contribution in [3.63, 3.8) is 0 Å². The maximum absolute atomic E-state index is 11.7. The van der Waals surface area contributed by atoms with Crippen molar-refractivity contribution in [1.29, 1.82) is 5.41 Å². The number of esters is 2. The first-order chi connectivity index (χ1) is 9.60. The Kier molecular flexibility index (Phi) is 6.09. The Labute approximate surface area is 116 Å². The van der Waals surface area contributed by atoms with Gasteiger partial charge >= 0.3 is 11.9 Å². The molecular weight excluding hydrogens is 262 g/mol. The Morgan fingerprint density at radius 2 is 1.95 bits per heavy atom. The molecule has 0 spiro atoms. The van der Waals surface area contributed by atoms with Crippen LogP contribution in [0.3, 0.4) is 0 Å². The Bertz CT molecular complexity index is 498. The number of ether oxygens (including phenoxy) is 2. The van der Waals surface area contributed by atoms with Gasteiger partial charge in [0, 0.05) is 6.42 Å². The van der Waals surface area contributed by atoms with Crippen LogP contribution in [0, 0.1) is 11.3 Å². The van der Waals surface area contributed by atoms with Gasteiger partial charge < -0.3 is 14.3 Å². The van der Waals surface area contributed by atoms with Gasteiger partial charge in [0.25, 0.3) is 0 Å². The topological polar surface area (TPSA) is 93.5 Å². The molecule has 0 fully saturated rings. The van der Waals surface area contributed by atoms with E-state index in [1.54, 1.807) is 24.3 Å². The predicted molar refractivity (Wildman–Crippen MR) is 70.2 cm³/mol. The molecule has 6 nitrogen and oxygen atoms in total. The average molecular weight is 277 g/mol. The van der Waals surface area contributed by atoms with E-state index in [1.807, 2.05) is 6.07 Å². The molecule has 0 bridgehead atoms. The minimum absolute atomic E-state index is 0.00294. The van der Waals surface area contributed by atoms with E-state index in [0.717, 1.165) is 12.7 Å².